The highest BCUT2D eigenvalue weighted by Gasteiger charge is 2.27. The van der Waals surface area contributed by atoms with Crippen molar-refractivity contribution in [2.75, 3.05) is 7.11 Å². The van der Waals surface area contributed by atoms with Crippen molar-refractivity contribution < 1.29 is 24.0 Å². The van der Waals surface area contributed by atoms with E-state index in [1.807, 2.05) is 0 Å². The van der Waals surface area contributed by atoms with Gasteiger partial charge >= 0.3 is 5.97 Å². The Morgan fingerprint density at radius 2 is 2.12 bits per heavy atom. The summed E-state index contributed by atoms with van der Waals surface area (Å²) in [6.07, 6.45) is 1.47. The number of benzene rings is 1. The van der Waals surface area contributed by atoms with Crippen LogP contribution in [0.15, 0.2) is 62.8 Å². The van der Waals surface area contributed by atoms with Crippen LogP contribution in [0.25, 0.3) is 17.4 Å². The molecule has 1 aliphatic heterocycles. The van der Waals surface area contributed by atoms with E-state index in [1.165, 1.54) is 25.3 Å². The van der Waals surface area contributed by atoms with Gasteiger partial charge < -0.3 is 14.3 Å². The number of aliphatic hydroxyl groups is 1. The third-order valence-corrected chi connectivity index (χ3v) is 3.77. The number of aliphatic hydroxyl groups excluding tert-OH is 1. The van der Waals surface area contributed by atoms with Crippen LogP contribution in [0.4, 0.5) is 5.69 Å². The number of hydrogen-bond donors (Lipinski definition) is 1. The van der Waals surface area contributed by atoms with Crippen molar-refractivity contribution in [1.29, 1.82) is 0 Å². The van der Waals surface area contributed by atoms with Crippen LogP contribution >= 0.6 is 0 Å². The number of furan rings is 1. The lowest BCUT2D eigenvalue weighted by molar-refractivity contribution is -0.384. The lowest BCUT2D eigenvalue weighted by Gasteiger charge is -2.00. The average molecular weight is 354 g/mol. The van der Waals surface area contributed by atoms with Gasteiger partial charge in [-0.25, -0.2) is 9.79 Å². The zero-order valence-corrected chi connectivity index (χ0v) is 13.9. The fourth-order valence-corrected chi connectivity index (χ4v) is 2.53. The van der Waals surface area contributed by atoms with Crippen molar-refractivity contribution >= 4 is 23.4 Å². The van der Waals surface area contributed by atoms with E-state index in [9.17, 15) is 20.0 Å². The van der Waals surface area contributed by atoms with Gasteiger partial charge in [0.25, 0.3) is 5.69 Å². The topological polar surface area (TPSA) is 115 Å². The molecule has 26 heavy (non-hydrogen) atoms. The molecule has 132 valence electrons. The molecule has 0 radical (unpaired) electrons. The number of esters is 1. The summed E-state index contributed by atoms with van der Waals surface area (Å²) in [5.74, 6) is -0.168. The van der Waals surface area contributed by atoms with E-state index in [0.717, 1.165) is 0 Å². The molecule has 3 rings (SSSR count). The van der Waals surface area contributed by atoms with Crippen LogP contribution in [0.2, 0.25) is 0 Å². The first-order valence-electron chi connectivity index (χ1n) is 7.54. The summed E-state index contributed by atoms with van der Waals surface area (Å²) in [6.45, 7) is 1.58. The van der Waals surface area contributed by atoms with Crippen molar-refractivity contribution in [3.63, 3.8) is 0 Å². The molecule has 0 atom stereocenters. The third kappa shape index (κ3) is 3.12. The summed E-state index contributed by atoms with van der Waals surface area (Å²) in [7, 11) is 1.22. The molecule has 8 heteroatoms. The lowest BCUT2D eigenvalue weighted by Crippen LogP contribution is -2.11. The quantitative estimate of drug-likeness (QED) is 0.509. The normalized spacial score (nSPS) is 15.3. The summed E-state index contributed by atoms with van der Waals surface area (Å²) in [5, 5.41) is 21.1. The average Bonchev–Trinajstić information content (AvgIpc) is 3.19. The van der Waals surface area contributed by atoms with Gasteiger partial charge in [0.05, 0.1) is 17.7 Å². The summed E-state index contributed by atoms with van der Waals surface area (Å²) >= 11 is 0. The van der Waals surface area contributed by atoms with Gasteiger partial charge in [0.2, 0.25) is 0 Å². The minimum absolute atomic E-state index is 0.00390. The largest absolute Gasteiger partial charge is 0.505 e. The number of ether oxygens (including phenoxy) is 1. The Morgan fingerprint density at radius 3 is 2.81 bits per heavy atom. The van der Waals surface area contributed by atoms with Crippen LogP contribution in [-0.2, 0) is 9.53 Å². The molecule has 2 heterocycles. The number of non-ortho nitro benzene ring substituents is 1. The molecule has 0 saturated carbocycles. The van der Waals surface area contributed by atoms with Gasteiger partial charge in [-0.05, 0) is 19.1 Å². The van der Waals surface area contributed by atoms with Gasteiger partial charge in [0.15, 0.2) is 5.76 Å². The van der Waals surface area contributed by atoms with Crippen molar-refractivity contribution in [3.8, 4) is 11.3 Å². The summed E-state index contributed by atoms with van der Waals surface area (Å²) in [6, 6.07) is 9.33. The molecule has 2 aromatic rings. The Kier molecular flexibility index (Phi) is 4.40. The molecule has 0 saturated heterocycles. The maximum absolute atomic E-state index is 11.7. The predicted octanol–water partition coefficient (Wildman–Crippen LogP) is 3.66. The van der Waals surface area contributed by atoms with Crippen LogP contribution in [0, 0.1) is 10.1 Å². The standard InChI is InChI=1S/C18H14N2O6/c1-10-16(18(22)25-2)17(21)14(19-10)9-13-6-7-15(26-13)11-4-3-5-12(8-11)20(23)24/h3-9,21H,1-2H3/b14-9+. The molecule has 1 N–H and O–H groups in total. The van der Waals surface area contributed by atoms with E-state index in [0.29, 0.717) is 22.8 Å². The Bertz CT molecular complexity index is 997. The zero-order valence-electron chi connectivity index (χ0n) is 13.9. The van der Waals surface area contributed by atoms with Crippen LogP contribution in [0.5, 0.6) is 0 Å². The lowest BCUT2D eigenvalue weighted by atomic mass is 10.1. The minimum atomic E-state index is -0.677. The fraction of sp³-hybridized carbons (Fsp3) is 0.111. The monoisotopic (exact) mass is 354 g/mol. The molecule has 0 amide bonds. The number of aliphatic imine (C=N–C) groups is 1. The summed E-state index contributed by atoms with van der Waals surface area (Å²) in [4.78, 5) is 26.2. The highest BCUT2D eigenvalue weighted by molar-refractivity contribution is 6.21. The molecule has 8 nitrogen and oxygen atoms in total. The van der Waals surface area contributed by atoms with Gasteiger partial charge in [0.1, 0.15) is 22.8 Å². The van der Waals surface area contributed by atoms with Crippen molar-refractivity contribution in [3.05, 3.63) is 69.3 Å². The number of hydrogen-bond acceptors (Lipinski definition) is 7. The van der Waals surface area contributed by atoms with Gasteiger partial charge in [-0.2, -0.15) is 0 Å². The first-order chi connectivity index (χ1) is 12.4. The first kappa shape index (κ1) is 17.2. The second-order valence-corrected chi connectivity index (χ2v) is 5.45. The van der Waals surface area contributed by atoms with E-state index in [2.05, 4.69) is 9.73 Å². The Hall–Kier alpha value is -3.68. The molecule has 0 aliphatic carbocycles. The molecule has 0 unspecified atom stereocenters. The Balaban J connectivity index is 1.93. The third-order valence-electron chi connectivity index (χ3n) is 3.77. The van der Waals surface area contributed by atoms with Gasteiger partial charge in [-0.15, -0.1) is 0 Å². The smallest absolute Gasteiger partial charge is 0.343 e. The number of methoxy groups -OCH3 is 1. The maximum Gasteiger partial charge on any atom is 0.343 e. The second kappa shape index (κ2) is 6.67. The summed E-state index contributed by atoms with van der Waals surface area (Å²) in [5.41, 5.74) is 1.02. The molecular formula is C18H14N2O6. The van der Waals surface area contributed by atoms with Crippen molar-refractivity contribution in [1.82, 2.24) is 0 Å². The highest BCUT2D eigenvalue weighted by atomic mass is 16.6. The molecule has 1 aliphatic rings. The van der Waals surface area contributed by atoms with E-state index in [4.69, 9.17) is 4.42 Å². The molecule has 1 aromatic carbocycles. The number of nitro groups is 1. The van der Waals surface area contributed by atoms with Gasteiger partial charge in [0, 0.05) is 23.8 Å². The van der Waals surface area contributed by atoms with E-state index in [-0.39, 0.29) is 22.7 Å². The summed E-state index contributed by atoms with van der Waals surface area (Å²) < 4.78 is 10.3. The number of nitrogens with zero attached hydrogens (tertiary/aromatic N) is 2. The van der Waals surface area contributed by atoms with Crippen LogP contribution in [-0.4, -0.2) is 28.8 Å². The predicted molar refractivity (Wildman–Crippen MR) is 93.6 cm³/mol. The van der Waals surface area contributed by atoms with E-state index in [1.54, 1.807) is 31.2 Å². The highest BCUT2D eigenvalue weighted by Crippen LogP contribution is 2.29. The molecule has 0 fully saturated rings. The molecule has 0 spiro atoms. The van der Waals surface area contributed by atoms with Crippen LogP contribution < -0.4 is 0 Å². The Labute approximate surface area is 147 Å². The Morgan fingerprint density at radius 1 is 1.35 bits per heavy atom. The molecule has 1 aromatic heterocycles. The number of carbonyl (C=O) groups is 1. The zero-order chi connectivity index (χ0) is 18.8. The van der Waals surface area contributed by atoms with Crippen LogP contribution in [0.1, 0.15) is 12.7 Å². The minimum Gasteiger partial charge on any atom is -0.505 e. The molecule has 0 bridgehead atoms. The van der Waals surface area contributed by atoms with Crippen LogP contribution in [0.3, 0.4) is 0 Å². The van der Waals surface area contributed by atoms with E-state index < -0.39 is 10.9 Å². The van der Waals surface area contributed by atoms with E-state index >= 15 is 0 Å². The fourth-order valence-electron chi connectivity index (χ4n) is 2.53. The van der Waals surface area contributed by atoms with Gasteiger partial charge in [-0.1, -0.05) is 12.1 Å². The SMILES string of the molecule is COC(=O)C1=C(O)/C(=C\c2ccc(-c3cccc([N+](=O)[O-])c3)o2)N=C1C. The maximum atomic E-state index is 11.7. The number of rotatable bonds is 4. The second-order valence-electron chi connectivity index (χ2n) is 5.45. The number of nitro benzene ring substituents is 1. The van der Waals surface area contributed by atoms with Gasteiger partial charge in [-0.3, -0.25) is 10.1 Å². The first-order valence-corrected chi connectivity index (χ1v) is 7.54. The number of carbonyl (C=O) groups excluding carboxylic acids is 1. The van der Waals surface area contributed by atoms with Crippen molar-refractivity contribution in [2.24, 2.45) is 4.99 Å². The van der Waals surface area contributed by atoms with Crippen molar-refractivity contribution in [2.45, 2.75) is 6.92 Å². The molecular weight excluding hydrogens is 340 g/mol.